The first-order chi connectivity index (χ1) is 16.4. The largest absolute Gasteiger partial charge is 0.441 e. The Hall–Kier alpha value is -3.06. The molecule has 0 atom stereocenters. The Morgan fingerprint density at radius 3 is 2.59 bits per heavy atom. The van der Waals surface area contributed by atoms with Gasteiger partial charge < -0.3 is 14.6 Å². The maximum atomic E-state index is 13.1. The fraction of sp³-hybridized carbons (Fsp3) is 0.370. The molecule has 0 unspecified atom stereocenters. The average Bonchev–Trinajstić information content (AvgIpc) is 3.21. The summed E-state index contributed by atoms with van der Waals surface area (Å²) in [6, 6.07) is 15.2. The van der Waals surface area contributed by atoms with E-state index in [9.17, 15) is 9.59 Å². The van der Waals surface area contributed by atoms with Crippen LogP contribution in [0.25, 0.3) is 11.5 Å². The van der Waals surface area contributed by atoms with Crippen molar-refractivity contribution < 1.29 is 14.0 Å². The number of rotatable bonds is 7. The molecule has 1 aromatic heterocycles. The van der Waals surface area contributed by atoms with E-state index in [1.165, 1.54) is 31.0 Å². The molecule has 1 N–H and O–H groups in total. The zero-order valence-electron chi connectivity index (χ0n) is 20.0. The smallest absolute Gasteiger partial charge is 0.256 e. The zero-order chi connectivity index (χ0) is 24.1. The fourth-order valence-corrected chi connectivity index (χ4v) is 5.19. The number of hydrogen-bond acceptors (Lipinski definition) is 5. The molecule has 1 aliphatic carbocycles. The van der Waals surface area contributed by atoms with Crippen LogP contribution in [0.2, 0.25) is 0 Å². The van der Waals surface area contributed by atoms with E-state index in [0.717, 1.165) is 34.8 Å². The zero-order valence-corrected chi connectivity index (χ0v) is 20.8. The minimum Gasteiger partial charge on any atom is -0.441 e. The van der Waals surface area contributed by atoms with E-state index in [1.807, 2.05) is 68.3 Å². The summed E-state index contributed by atoms with van der Waals surface area (Å²) in [6.45, 7) is 3.78. The molecule has 1 aliphatic rings. The summed E-state index contributed by atoms with van der Waals surface area (Å²) in [6.07, 6.45) is 5.80. The van der Waals surface area contributed by atoms with E-state index in [0.29, 0.717) is 28.9 Å². The second kappa shape index (κ2) is 10.9. The van der Waals surface area contributed by atoms with Gasteiger partial charge in [-0.25, -0.2) is 4.98 Å². The van der Waals surface area contributed by atoms with E-state index >= 15 is 0 Å². The molecule has 0 saturated heterocycles. The SMILES string of the molecule is Cc1nc(-c2cccc(NC(=O)c3ccccc3SCC(=O)N(C)C3CCCCC3)c2)oc1C. The lowest BCUT2D eigenvalue weighted by Gasteiger charge is -2.31. The number of oxazole rings is 1. The normalized spacial score (nSPS) is 14.1. The van der Waals surface area contributed by atoms with Crippen molar-refractivity contribution in [3.63, 3.8) is 0 Å². The van der Waals surface area contributed by atoms with Gasteiger partial charge in [0.05, 0.1) is 17.0 Å². The number of nitrogens with one attached hydrogen (secondary N) is 1. The highest BCUT2D eigenvalue weighted by atomic mass is 32.2. The number of thioether (sulfide) groups is 1. The van der Waals surface area contributed by atoms with Crippen LogP contribution in [0.4, 0.5) is 5.69 Å². The molecule has 2 amide bonds. The lowest BCUT2D eigenvalue weighted by molar-refractivity contribution is -0.129. The maximum Gasteiger partial charge on any atom is 0.256 e. The standard InChI is InChI=1S/C27H31N3O3S/c1-18-19(2)33-27(28-18)20-10-9-11-21(16-20)29-26(32)23-14-7-8-15-24(23)34-17-25(31)30(3)22-12-5-4-6-13-22/h7-11,14-16,22H,4-6,12-13,17H2,1-3H3,(H,29,32). The Labute approximate surface area is 205 Å². The van der Waals surface area contributed by atoms with Gasteiger partial charge in [0.15, 0.2) is 0 Å². The summed E-state index contributed by atoms with van der Waals surface area (Å²) in [7, 11) is 1.90. The van der Waals surface area contributed by atoms with Crippen LogP contribution in [-0.4, -0.2) is 40.5 Å². The third kappa shape index (κ3) is 5.70. The summed E-state index contributed by atoms with van der Waals surface area (Å²) in [5.74, 6) is 1.52. The van der Waals surface area contributed by atoms with Gasteiger partial charge in [0.2, 0.25) is 11.8 Å². The summed E-state index contributed by atoms with van der Waals surface area (Å²) >= 11 is 1.41. The maximum absolute atomic E-state index is 13.1. The van der Waals surface area contributed by atoms with Gasteiger partial charge in [0.1, 0.15) is 5.76 Å². The van der Waals surface area contributed by atoms with Crippen LogP contribution in [0, 0.1) is 13.8 Å². The van der Waals surface area contributed by atoms with Crippen molar-refractivity contribution in [1.82, 2.24) is 9.88 Å². The Morgan fingerprint density at radius 2 is 1.85 bits per heavy atom. The molecule has 1 fully saturated rings. The average molecular weight is 478 g/mol. The number of benzene rings is 2. The number of anilines is 1. The quantitative estimate of drug-likeness (QED) is 0.417. The first-order valence-corrected chi connectivity index (χ1v) is 12.7. The summed E-state index contributed by atoms with van der Waals surface area (Å²) < 4.78 is 5.72. The monoisotopic (exact) mass is 477 g/mol. The van der Waals surface area contributed by atoms with Gasteiger partial charge in [-0.1, -0.05) is 37.5 Å². The Balaban J connectivity index is 1.42. The highest BCUT2D eigenvalue weighted by molar-refractivity contribution is 8.00. The number of hydrogen-bond donors (Lipinski definition) is 1. The lowest BCUT2D eigenvalue weighted by atomic mass is 9.94. The predicted molar refractivity (Wildman–Crippen MR) is 136 cm³/mol. The first-order valence-electron chi connectivity index (χ1n) is 11.8. The van der Waals surface area contributed by atoms with Crippen LogP contribution >= 0.6 is 11.8 Å². The van der Waals surface area contributed by atoms with Crippen LogP contribution in [-0.2, 0) is 4.79 Å². The van der Waals surface area contributed by atoms with E-state index in [2.05, 4.69) is 10.3 Å². The van der Waals surface area contributed by atoms with Crippen molar-refractivity contribution in [3.8, 4) is 11.5 Å². The number of nitrogens with zero attached hydrogens (tertiary/aromatic N) is 2. The van der Waals surface area contributed by atoms with Crippen molar-refractivity contribution in [3.05, 3.63) is 65.5 Å². The number of carbonyl (C=O) groups excluding carboxylic acids is 2. The molecule has 1 heterocycles. The van der Waals surface area contributed by atoms with Crippen LogP contribution in [0.5, 0.6) is 0 Å². The molecule has 3 aromatic rings. The van der Waals surface area contributed by atoms with Crippen molar-refractivity contribution in [2.24, 2.45) is 0 Å². The molecule has 0 spiro atoms. The van der Waals surface area contributed by atoms with Gasteiger partial charge in [0.25, 0.3) is 5.91 Å². The second-order valence-electron chi connectivity index (χ2n) is 8.78. The van der Waals surface area contributed by atoms with Crippen molar-refractivity contribution in [2.45, 2.75) is 56.9 Å². The first kappa shape index (κ1) is 24.1. The van der Waals surface area contributed by atoms with Gasteiger partial charge in [0, 0.05) is 29.2 Å². The fourth-order valence-electron chi connectivity index (χ4n) is 4.22. The third-order valence-corrected chi connectivity index (χ3v) is 7.45. The summed E-state index contributed by atoms with van der Waals surface area (Å²) in [5.41, 5.74) is 2.85. The molecule has 7 heteroatoms. The molecular weight excluding hydrogens is 446 g/mol. The van der Waals surface area contributed by atoms with Crippen molar-refractivity contribution in [2.75, 3.05) is 18.1 Å². The molecule has 0 bridgehead atoms. The van der Waals surface area contributed by atoms with Crippen LogP contribution in [0.1, 0.15) is 53.9 Å². The van der Waals surface area contributed by atoms with Crippen LogP contribution in [0.3, 0.4) is 0 Å². The van der Waals surface area contributed by atoms with E-state index in [1.54, 1.807) is 6.07 Å². The molecule has 2 aromatic carbocycles. The van der Waals surface area contributed by atoms with Crippen LogP contribution < -0.4 is 5.32 Å². The number of carbonyl (C=O) groups is 2. The minimum absolute atomic E-state index is 0.108. The van der Waals surface area contributed by atoms with Crippen molar-refractivity contribution >= 4 is 29.3 Å². The molecule has 34 heavy (non-hydrogen) atoms. The summed E-state index contributed by atoms with van der Waals surface area (Å²) in [5, 5.41) is 2.98. The Morgan fingerprint density at radius 1 is 1.09 bits per heavy atom. The van der Waals surface area contributed by atoms with Gasteiger partial charge in [-0.05, 0) is 57.0 Å². The second-order valence-corrected chi connectivity index (χ2v) is 9.79. The van der Waals surface area contributed by atoms with Gasteiger partial charge in [-0.15, -0.1) is 11.8 Å². The van der Waals surface area contributed by atoms with Gasteiger partial charge in [-0.3, -0.25) is 9.59 Å². The van der Waals surface area contributed by atoms with Crippen LogP contribution in [0.15, 0.2) is 57.8 Å². The number of aryl methyl sites for hydroxylation is 2. The molecule has 1 saturated carbocycles. The molecule has 178 valence electrons. The number of aromatic nitrogens is 1. The summed E-state index contributed by atoms with van der Waals surface area (Å²) in [4.78, 5) is 33.0. The Bertz CT molecular complexity index is 1150. The topological polar surface area (TPSA) is 75.4 Å². The lowest BCUT2D eigenvalue weighted by Crippen LogP contribution is -2.39. The molecule has 0 radical (unpaired) electrons. The number of amides is 2. The molecular formula is C27H31N3O3S. The van der Waals surface area contributed by atoms with E-state index in [-0.39, 0.29) is 11.8 Å². The van der Waals surface area contributed by atoms with Crippen molar-refractivity contribution in [1.29, 1.82) is 0 Å². The van der Waals surface area contributed by atoms with E-state index < -0.39 is 0 Å². The third-order valence-electron chi connectivity index (χ3n) is 6.39. The molecule has 0 aliphatic heterocycles. The van der Waals surface area contributed by atoms with E-state index in [4.69, 9.17) is 4.42 Å². The molecule has 4 rings (SSSR count). The predicted octanol–water partition coefficient (Wildman–Crippen LogP) is 6.09. The molecule has 6 nitrogen and oxygen atoms in total. The van der Waals surface area contributed by atoms with Gasteiger partial charge >= 0.3 is 0 Å². The highest BCUT2D eigenvalue weighted by Crippen LogP contribution is 2.28. The Kier molecular flexibility index (Phi) is 7.73. The minimum atomic E-state index is -0.215. The highest BCUT2D eigenvalue weighted by Gasteiger charge is 2.22. The van der Waals surface area contributed by atoms with Gasteiger partial charge in [-0.2, -0.15) is 0 Å².